The molecule has 5 heteroatoms. The maximum Gasteiger partial charge on any atom is 0.237 e. The van der Waals surface area contributed by atoms with Crippen LogP contribution in [0.25, 0.3) is 11.1 Å². The zero-order valence-corrected chi connectivity index (χ0v) is 15.5. The van der Waals surface area contributed by atoms with Crippen LogP contribution in [0.4, 0.5) is 0 Å². The van der Waals surface area contributed by atoms with Crippen LogP contribution in [-0.4, -0.2) is 25.2 Å². The summed E-state index contributed by atoms with van der Waals surface area (Å²) in [6.07, 6.45) is 1.88. The van der Waals surface area contributed by atoms with E-state index in [1.54, 1.807) is 6.07 Å². The Morgan fingerprint density at radius 3 is 2.70 bits per heavy atom. The average molecular weight is 363 g/mol. The molecule has 140 valence electrons. The molecule has 1 fully saturated rings. The molecule has 2 aromatic rings. The number of nitrogens with two attached hydrogens (primary N) is 1. The minimum atomic E-state index is -0.541. The maximum absolute atomic E-state index is 12.5. The van der Waals surface area contributed by atoms with Crippen molar-refractivity contribution < 1.29 is 9.53 Å². The molecule has 1 aliphatic rings. The second kappa shape index (κ2) is 8.81. The first kappa shape index (κ1) is 19.1. The standard InChI is InChI=1S/C22H25N3O2/c1-15(25-22(26)21(24)20-6-3-11-27-14-20)17-7-9-18(10-8-17)19-5-2-4-16(12-19)13-23/h2,4-5,7-10,12,15,20-21H,3,6,11,14,24H2,1H3,(H,25,26). The van der Waals surface area contributed by atoms with Crippen molar-refractivity contribution >= 4 is 5.91 Å². The number of nitriles is 1. The van der Waals surface area contributed by atoms with Gasteiger partial charge >= 0.3 is 0 Å². The minimum Gasteiger partial charge on any atom is -0.381 e. The lowest BCUT2D eigenvalue weighted by Gasteiger charge is -2.27. The summed E-state index contributed by atoms with van der Waals surface area (Å²) in [4.78, 5) is 12.5. The second-order valence-electron chi connectivity index (χ2n) is 7.05. The van der Waals surface area contributed by atoms with Crippen LogP contribution in [0.15, 0.2) is 48.5 Å². The minimum absolute atomic E-state index is 0.0840. The Bertz CT molecular complexity index is 820. The summed E-state index contributed by atoms with van der Waals surface area (Å²) >= 11 is 0. The lowest BCUT2D eigenvalue weighted by atomic mass is 9.93. The van der Waals surface area contributed by atoms with Crippen LogP contribution in [0.5, 0.6) is 0 Å². The number of carbonyl (C=O) groups excluding carboxylic acids is 1. The molecular formula is C22H25N3O2. The van der Waals surface area contributed by atoms with Crippen molar-refractivity contribution in [2.24, 2.45) is 11.7 Å². The van der Waals surface area contributed by atoms with Crippen molar-refractivity contribution in [3.63, 3.8) is 0 Å². The summed E-state index contributed by atoms with van der Waals surface area (Å²) in [5, 5.41) is 12.0. The molecule has 0 radical (unpaired) electrons. The van der Waals surface area contributed by atoms with E-state index < -0.39 is 6.04 Å². The van der Waals surface area contributed by atoms with Crippen LogP contribution in [0.1, 0.15) is 36.9 Å². The van der Waals surface area contributed by atoms with E-state index in [0.29, 0.717) is 12.2 Å². The van der Waals surface area contributed by atoms with E-state index in [-0.39, 0.29) is 17.9 Å². The van der Waals surface area contributed by atoms with Crippen molar-refractivity contribution in [1.82, 2.24) is 5.32 Å². The number of nitrogens with zero attached hydrogens (tertiary/aromatic N) is 1. The van der Waals surface area contributed by atoms with Gasteiger partial charge in [-0.2, -0.15) is 5.26 Å². The second-order valence-corrected chi connectivity index (χ2v) is 7.05. The summed E-state index contributed by atoms with van der Waals surface area (Å²) in [6, 6.07) is 17.0. The van der Waals surface area contributed by atoms with E-state index in [9.17, 15) is 4.79 Å². The van der Waals surface area contributed by atoms with Crippen LogP contribution in [0, 0.1) is 17.2 Å². The quantitative estimate of drug-likeness (QED) is 0.854. The Balaban J connectivity index is 1.64. The smallest absolute Gasteiger partial charge is 0.237 e. The predicted molar refractivity (Wildman–Crippen MR) is 105 cm³/mol. The zero-order chi connectivity index (χ0) is 19.2. The van der Waals surface area contributed by atoms with Gasteiger partial charge in [0.15, 0.2) is 0 Å². The van der Waals surface area contributed by atoms with Crippen molar-refractivity contribution in [3.05, 3.63) is 59.7 Å². The van der Waals surface area contributed by atoms with Gasteiger partial charge in [0, 0.05) is 12.5 Å². The van der Waals surface area contributed by atoms with Gasteiger partial charge in [-0.3, -0.25) is 4.79 Å². The average Bonchev–Trinajstić information content (AvgIpc) is 2.74. The summed E-state index contributed by atoms with van der Waals surface area (Å²) in [6.45, 7) is 3.26. The number of hydrogen-bond donors (Lipinski definition) is 2. The van der Waals surface area contributed by atoms with Crippen LogP contribution in [-0.2, 0) is 9.53 Å². The van der Waals surface area contributed by atoms with E-state index in [4.69, 9.17) is 15.7 Å². The van der Waals surface area contributed by atoms with E-state index in [2.05, 4.69) is 11.4 Å². The van der Waals surface area contributed by atoms with Gasteiger partial charge in [-0.1, -0.05) is 36.4 Å². The molecule has 0 spiro atoms. The fourth-order valence-corrected chi connectivity index (χ4v) is 3.39. The van der Waals surface area contributed by atoms with Gasteiger partial charge in [0.05, 0.1) is 30.3 Å². The molecule has 1 amide bonds. The number of rotatable bonds is 5. The Kier molecular flexibility index (Phi) is 6.23. The molecule has 1 heterocycles. The fraction of sp³-hybridized carbons (Fsp3) is 0.364. The first-order valence-corrected chi connectivity index (χ1v) is 9.32. The third kappa shape index (κ3) is 4.73. The highest BCUT2D eigenvalue weighted by Gasteiger charge is 2.27. The summed E-state index contributed by atoms with van der Waals surface area (Å²) in [5.74, 6) is -0.0514. The van der Waals surface area contributed by atoms with Gasteiger partial charge < -0.3 is 15.8 Å². The molecule has 27 heavy (non-hydrogen) atoms. The third-order valence-electron chi connectivity index (χ3n) is 5.10. The lowest BCUT2D eigenvalue weighted by Crippen LogP contribution is -2.48. The molecule has 2 aromatic carbocycles. The van der Waals surface area contributed by atoms with Crippen molar-refractivity contribution in [1.29, 1.82) is 5.26 Å². The number of ether oxygens (including phenoxy) is 1. The normalized spacial score (nSPS) is 18.9. The molecule has 0 aliphatic carbocycles. The van der Waals surface area contributed by atoms with E-state index in [0.717, 1.165) is 36.1 Å². The molecule has 0 aromatic heterocycles. The van der Waals surface area contributed by atoms with Gasteiger partial charge in [-0.25, -0.2) is 0 Å². The Labute approximate surface area is 160 Å². The molecule has 1 saturated heterocycles. The van der Waals surface area contributed by atoms with Gasteiger partial charge in [-0.15, -0.1) is 0 Å². The van der Waals surface area contributed by atoms with Gasteiger partial charge in [0.1, 0.15) is 0 Å². The highest BCUT2D eigenvalue weighted by atomic mass is 16.5. The SMILES string of the molecule is CC(NC(=O)C(N)C1CCCOC1)c1ccc(-c2cccc(C#N)c2)cc1. The molecule has 3 N–H and O–H groups in total. The van der Waals surface area contributed by atoms with Crippen LogP contribution in [0.2, 0.25) is 0 Å². The molecule has 3 rings (SSSR count). The van der Waals surface area contributed by atoms with E-state index in [1.807, 2.05) is 49.4 Å². The fourth-order valence-electron chi connectivity index (χ4n) is 3.39. The summed E-state index contributed by atoms with van der Waals surface area (Å²) in [5.41, 5.74) is 9.80. The molecule has 0 bridgehead atoms. The van der Waals surface area contributed by atoms with Crippen LogP contribution >= 0.6 is 0 Å². The molecule has 3 unspecified atom stereocenters. The van der Waals surface area contributed by atoms with Crippen molar-refractivity contribution in [2.45, 2.75) is 31.8 Å². The highest BCUT2D eigenvalue weighted by Crippen LogP contribution is 2.23. The van der Waals surface area contributed by atoms with Gasteiger partial charge in [0.2, 0.25) is 5.91 Å². The van der Waals surface area contributed by atoms with Crippen molar-refractivity contribution in [3.8, 4) is 17.2 Å². The monoisotopic (exact) mass is 363 g/mol. The topological polar surface area (TPSA) is 88.1 Å². The lowest BCUT2D eigenvalue weighted by molar-refractivity contribution is -0.125. The first-order chi connectivity index (χ1) is 13.1. The zero-order valence-electron chi connectivity index (χ0n) is 15.5. The number of nitrogens with one attached hydrogen (secondary N) is 1. The predicted octanol–water partition coefficient (Wildman–Crippen LogP) is 3.16. The molecule has 1 aliphatic heterocycles. The maximum atomic E-state index is 12.5. The Hall–Kier alpha value is -2.68. The van der Waals surface area contributed by atoms with E-state index in [1.165, 1.54) is 0 Å². The third-order valence-corrected chi connectivity index (χ3v) is 5.10. The molecule has 0 saturated carbocycles. The molecule has 3 atom stereocenters. The molecule has 5 nitrogen and oxygen atoms in total. The van der Waals surface area contributed by atoms with Crippen molar-refractivity contribution in [2.75, 3.05) is 13.2 Å². The Morgan fingerprint density at radius 2 is 2.04 bits per heavy atom. The summed E-state index contributed by atoms with van der Waals surface area (Å²) in [7, 11) is 0. The molecular weight excluding hydrogens is 338 g/mol. The number of hydrogen-bond acceptors (Lipinski definition) is 4. The number of benzene rings is 2. The summed E-state index contributed by atoms with van der Waals surface area (Å²) < 4.78 is 5.43. The van der Waals surface area contributed by atoms with Crippen LogP contribution < -0.4 is 11.1 Å². The van der Waals surface area contributed by atoms with Gasteiger partial charge in [-0.05, 0) is 48.6 Å². The number of amides is 1. The Morgan fingerprint density at radius 1 is 1.26 bits per heavy atom. The van der Waals surface area contributed by atoms with E-state index >= 15 is 0 Å². The first-order valence-electron chi connectivity index (χ1n) is 9.32. The van der Waals surface area contributed by atoms with Gasteiger partial charge in [0.25, 0.3) is 0 Å². The van der Waals surface area contributed by atoms with Crippen LogP contribution in [0.3, 0.4) is 0 Å². The number of carbonyl (C=O) groups is 1. The largest absolute Gasteiger partial charge is 0.381 e. The highest BCUT2D eigenvalue weighted by molar-refractivity contribution is 5.82.